The fraction of sp³-hybridized carbons (Fsp3) is 0.571. The van der Waals surface area contributed by atoms with Gasteiger partial charge in [-0.3, -0.25) is 0 Å². The average molecular weight is 228 g/mol. The number of hydrogen-bond donors (Lipinski definition) is 0. The summed E-state index contributed by atoms with van der Waals surface area (Å²) in [6.45, 7) is 0. The Labute approximate surface area is 101 Å². The third kappa shape index (κ3) is 1.59. The Morgan fingerprint density at radius 2 is 2.24 bits per heavy atom. The van der Waals surface area contributed by atoms with Crippen LogP contribution in [0.4, 0.5) is 0 Å². The largest absolute Gasteiger partial charge is 0.481 e. The van der Waals surface area contributed by atoms with E-state index in [4.69, 9.17) is 4.74 Å². The zero-order valence-corrected chi connectivity index (χ0v) is 10.1. The van der Waals surface area contributed by atoms with Crippen molar-refractivity contribution >= 4 is 0 Å². The van der Waals surface area contributed by atoms with Gasteiger partial charge in [-0.25, -0.2) is 4.98 Å². The van der Waals surface area contributed by atoms with Crippen LogP contribution in [0.1, 0.15) is 49.1 Å². The molecular formula is C14H16N2O. The summed E-state index contributed by atoms with van der Waals surface area (Å²) in [6.07, 6.45) is 7.63. The number of aromatic nitrogens is 1. The highest BCUT2D eigenvalue weighted by atomic mass is 16.5. The smallest absolute Gasteiger partial charge is 0.217 e. The second-order valence-corrected chi connectivity index (χ2v) is 5.15. The van der Waals surface area contributed by atoms with E-state index >= 15 is 0 Å². The van der Waals surface area contributed by atoms with Crippen molar-refractivity contribution in [2.24, 2.45) is 0 Å². The summed E-state index contributed by atoms with van der Waals surface area (Å²) >= 11 is 0. The monoisotopic (exact) mass is 228 g/mol. The molecule has 88 valence electrons. The molecular weight excluding hydrogens is 212 g/mol. The van der Waals surface area contributed by atoms with Gasteiger partial charge < -0.3 is 4.74 Å². The molecule has 3 rings (SSSR count). The number of methoxy groups -OCH3 is 1. The van der Waals surface area contributed by atoms with Crippen molar-refractivity contribution in [2.45, 2.75) is 43.4 Å². The Morgan fingerprint density at radius 3 is 2.71 bits per heavy atom. The molecule has 3 nitrogen and oxygen atoms in total. The topological polar surface area (TPSA) is 45.9 Å². The van der Waals surface area contributed by atoms with Crippen LogP contribution >= 0.6 is 0 Å². The Balaban J connectivity index is 2.01. The van der Waals surface area contributed by atoms with Gasteiger partial charge in [0.1, 0.15) is 0 Å². The summed E-state index contributed by atoms with van der Waals surface area (Å²) in [4.78, 5) is 4.38. The first-order valence-electron chi connectivity index (χ1n) is 6.25. The van der Waals surface area contributed by atoms with E-state index in [0.29, 0.717) is 11.8 Å². The van der Waals surface area contributed by atoms with E-state index in [0.717, 1.165) is 18.4 Å². The van der Waals surface area contributed by atoms with Crippen molar-refractivity contribution in [2.75, 3.05) is 7.11 Å². The Hall–Kier alpha value is -1.56. The van der Waals surface area contributed by atoms with Crippen LogP contribution < -0.4 is 4.74 Å². The molecule has 0 atom stereocenters. The quantitative estimate of drug-likeness (QED) is 0.799. The molecule has 0 bridgehead atoms. The average Bonchev–Trinajstić information content (AvgIpc) is 3.07. The number of nitriles is 1. The molecule has 0 amide bonds. The molecule has 3 heteroatoms. The highest BCUT2D eigenvalue weighted by Crippen LogP contribution is 2.51. The maximum absolute atomic E-state index is 9.30. The molecule has 2 fully saturated rings. The van der Waals surface area contributed by atoms with Crippen molar-refractivity contribution in [1.29, 1.82) is 5.26 Å². The van der Waals surface area contributed by atoms with Gasteiger partial charge in [0.25, 0.3) is 0 Å². The Morgan fingerprint density at radius 1 is 1.47 bits per heavy atom. The molecule has 2 aliphatic carbocycles. The van der Waals surface area contributed by atoms with Crippen molar-refractivity contribution in [1.82, 2.24) is 4.98 Å². The van der Waals surface area contributed by atoms with Gasteiger partial charge >= 0.3 is 0 Å². The van der Waals surface area contributed by atoms with Gasteiger partial charge in [-0.15, -0.1) is 0 Å². The number of pyridine rings is 1. The molecule has 0 N–H and O–H groups in total. The fourth-order valence-electron chi connectivity index (χ4n) is 2.51. The van der Waals surface area contributed by atoms with Gasteiger partial charge in [0.05, 0.1) is 18.6 Å². The van der Waals surface area contributed by atoms with Crippen LogP contribution in [0.25, 0.3) is 0 Å². The molecule has 0 saturated heterocycles. The number of rotatable bonds is 3. The van der Waals surface area contributed by atoms with Gasteiger partial charge in [-0.1, -0.05) is 6.42 Å². The van der Waals surface area contributed by atoms with Crippen LogP contribution in [0.2, 0.25) is 0 Å². The lowest BCUT2D eigenvalue weighted by molar-refractivity contribution is 0.385. The molecule has 1 aromatic rings. The van der Waals surface area contributed by atoms with E-state index in [-0.39, 0.29) is 5.41 Å². The van der Waals surface area contributed by atoms with Gasteiger partial charge in [0.2, 0.25) is 5.88 Å². The zero-order valence-electron chi connectivity index (χ0n) is 10.1. The van der Waals surface area contributed by atoms with Crippen molar-refractivity contribution in [3.63, 3.8) is 0 Å². The van der Waals surface area contributed by atoms with E-state index in [9.17, 15) is 5.26 Å². The van der Waals surface area contributed by atoms with E-state index in [1.54, 1.807) is 7.11 Å². The SMILES string of the molecule is COc1ncc(C2CCC2)cc1C1(C#N)CC1. The predicted octanol–water partition coefficient (Wildman–Crippen LogP) is 2.91. The predicted molar refractivity (Wildman–Crippen MR) is 63.9 cm³/mol. The van der Waals surface area contributed by atoms with Gasteiger partial charge in [0, 0.05) is 11.8 Å². The summed E-state index contributed by atoms with van der Waals surface area (Å²) in [5.41, 5.74) is 1.98. The maximum Gasteiger partial charge on any atom is 0.217 e. The van der Waals surface area contributed by atoms with Crippen molar-refractivity contribution in [3.05, 3.63) is 23.4 Å². The zero-order chi connectivity index (χ0) is 11.9. The van der Waals surface area contributed by atoms with Crippen LogP contribution in [0.15, 0.2) is 12.3 Å². The minimum Gasteiger partial charge on any atom is -0.481 e. The molecule has 0 spiro atoms. The molecule has 17 heavy (non-hydrogen) atoms. The van der Waals surface area contributed by atoms with Crippen LogP contribution in [0, 0.1) is 11.3 Å². The second kappa shape index (κ2) is 3.73. The standard InChI is InChI=1S/C14H16N2O/c1-17-13-12(14(9-15)5-6-14)7-11(8-16-13)10-3-2-4-10/h7-8,10H,2-6H2,1H3. The molecule has 1 aromatic heterocycles. The first-order valence-corrected chi connectivity index (χ1v) is 6.25. The van der Waals surface area contributed by atoms with E-state index in [1.807, 2.05) is 6.20 Å². The summed E-state index contributed by atoms with van der Waals surface area (Å²) < 4.78 is 5.30. The van der Waals surface area contributed by atoms with E-state index in [2.05, 4.69) is 17.1 Å². The van der Waals surface area contributed by atoms with Gasteiger partial charge in [-0.05, 0) is 43.2 Å². The first-order chi connectivity index (χ1) is 8.29. The van der Waals surface area contributed by atoms with Crippen molar-refractivity contribution < 1.29 is 4.74 Å². The first kappa shape index (κ1) is 10.6. The third-order valence-corrected chi connectivity index (χ3v) is 4.12. The molecule has 0 aliphatic heterocycles. The van der Waals surface area contributed by atoms with Crippen LogP contribution in [0.5, 0.6) is 5.88 Å². The second-order valence-electron chi connectivity index (χ2n) is 5.15. The van der Waals surface area contributed by atoms with Crippen LogP contribution in [-0.2, 0) is 5.41 Å². The lowest BCUT2D eigenvalue weighted by Gasteiger charge is -2.26. The lowest BCUT2D eigenvalue weighted by Crippen LogP contribution is -2.13. The van der Waals surface area contributed by atoms with Gasteiger partial charge in [0.15, 0.2) is 0 Å². The van der Waals surface area contributed by atoms with E-state index < -0.39 is 0 Å². The van der Waals surface area contributed by atoms with E-state index in [1.165, 1.54) is 24.8 Å². The molecule has 2 saturated carbocycles. The van der Waals surface area contributed by atoms with Crippen LogP contribution in [-0.4, -0.2) is 12.1 Å². The fourth-order valence-corrected chi connectivity index (χ4v) is 2.51. The number of hydrogen-bond acceptors (Lipinski definition) is 3. The number of nitrogens with zero attached hydrogens (tertiary/aromatic N) is 2. The molecule has 0 aromatic carbocycles. The Kier molecular flexibility index (Phi) is 2.32. The summed E-state index contributed by atoms with van der Waals surface area (Å²) in [6, 6.07) is 4.58. The summed E-state index contributed by atoms with van der Waals surface area (Å²) in [5.74, 6) is 1.29. The maximum atomic E-state index is 9.30. The normalized spacial score (nSPS) is 21.4. The summed E-state index contributed by atoms with van der Waals surface area (Å²) in [7, 11) is 1.63. The minimum atomic E-state index is -0.307. The third-order valence-electron chi connectivity index (χ3n) is 4.12. The summed E-state index contributed by atoms with van der Waals surface area (Å²) in [5, 5.41) is 9.30. The van der Waals surface area contributed by atoms with Gasteiger partial charge in [-0.2, -0.15) is 5.26 Å². The molecule has 1 heterocycles. The van der Waals surface area contributed by atoms with Crippen molar-refractivity contribution in [3.8, 4) is 11.9 Å². The molecule has 0 radical (unpaired) electrons. The Bertz CT molecular complexity index is 481. The number of ether oxygens (including phenoxy) is 1. The van der Waals surface area contributed by atoms with Crippen LogP contribution in [0.3, 0.4) is 0 Å². The molecule has 2 aliphatic rings. The minimum absolute atomic E-state index is 0.307. The lowest BCUT2D eigenvalue weighted by atomic mass is 9.79. The highest BCUT2D eigenvalue weighted by molar-refractivity contribution is 5.46. The molecule has 0 unspecified atom stereocenters. The highest BCUT2D eigenvalue weighted by Gasteiger charge is 2.47.